The zero-order chi connectivity index (χ0) is 15.4. The van der Waals surface area contributed by atoms with Crippen molar-refractivity contribution in [3.8, 4) is 17.2 Å². The lowest BCUT2D eigenvalue weighted by Gasteiger charge is -2.08. The number of carbonyl (C=O) groups is 1. The predicted molar refractivity (Wildman–Crippen MR) is 83.8 cm³/mol. The molecule has 0 aromatic heterocycles. The van der Waals surface area contributed by atoms with Crippen LogP contribution in [0.25, 0.3) is 6.08 Å². The van der Waals surface area contributed by atoms with Crippen molar-refractivity contribution in [2.45, 2.75) is 0 Å². The minimum atomic E-state index is -0.417. The lowest BCUT2D eigenvalue weighted by molar-refractivity contribution is 0.104. The second-order valence-electron chi connectivity index (χ2n) is 4.26. The molecule has 2 aromatic carbocycles. The van der Waals surface area contributed by atoms with Crippen LogP contribution >= 0.6 is 15.9 Å². The molecule has 2 rings (SSSR count). The number of methoxy groups -OCH3 is 1. The van der Waals surface area contributed by atoms with Gasteiger partial charge >= 0.3 is 0 Å². The molecule has 0 saturated heterocycles. The van der Waals surface area contributed by atoms with Gasteiger partial charge in [-0.05, 0) is 23.8 Å². The summed E-state index contributed by atoms with van der Waals surface area (Å²) in [5.41, 5.74) is 0.849. The molecule has 21 heavy (non-hydrogen) atoms. The second-order valence-corrected chi connectivity index (χ2v) is 5.12. The average molecular weight is 349 g/mol. The Balaban J connectivity index is 2.35. The largest absolute Gasteiger partial charge is 0.508 e. The van der Waals surface area contributed by atoms with Crippen LogP contribution in [0.5, 0.6) is 17.2 Å². The van der Waals surface area contributed by atoms with Gasteiger partial charge < -0.3 is 14.9 Å². The maximum absolute atomic E-state index is 12.2. The van der Waals surface area contributed by atoms with Gasteiger partial charge in [0.15, 0.2) is 5.78 Å². The van der Waals surface area contributed by atoms with E-state index in [1.54, 1.807) is 6.08 Å². The number of ether oxygens (including phenoxy) is 1. The summed E-state index contributed by atoms with van der Waals surface area (Å²) in [6, 6.07) is 9.82. The van der Waals surface area contributed by atoms with E-state index in [0.29, 0.717) is 0 Å². The first-order valence-corrected chi connectivity index (χ1v) is 6.89. The molecule has 5 heteroatoms. The number of phenolic OH excluding ortho intramolecular Hbond substituents is 2. The van der Waals surface area contributed by atoms with Crippen molar-refractivity contribution in [3.63, 3.8) is 0 Å². The molecule has 0 atom stereocenters. The lowest BCUT2D eigenvalue weighted by atomic mass is 10.1. The van der Waals surface area contributed by atoms with Gasteiger partial charge in [0.25, 0.3) is 0 Å². The molecule has 0 aliphatic carbocycles. The zero-order valence-electron chi connectivity index (χ0n) is 11.2. The Morgan fingerprint density at radius 1 is 1.24 bits per heavy atom. The molecular formula is C16H13BrO4. The lowest BCUT2D eigenvalue weighted by Crippen LogP contribution is -1.99. The van der Waals surface area contributed by atoms with Crippen molar-refractivity contribution in [2.24, 2.45) is 0 Å². The molecule has 108 valence electrons. The standard InChI is InChI=1S/C16H13BrO4/c1-21-15-9-11(18)8-14(20)16(15)13(19)7-6-10-4-2-3-5-12(10)17/h2-9,18,20H,1H3. The summed E-state index contributed by atoms with van der Waals surface area (Å²) in [4.78, 5) is 12.2. The summed E-state index contributed by atoms with van der Waals surface area (Å²) in [7, 11) is 1.36. The first-order chi connectivity index (χ1) is 10.0. The Morgan fingerprint density at radius 2 is 1.95 bits per heavy atom. The maximum atomic E-state index is 12.2. The number of carbonyl (C=O) groups excluding carboxylic acids is 1. The first-order valence-electron chi connectivity index (χ1n) is 6.10. The molecule has 2 aromatic rings. The molecule has 4 nitrogen and oxygen atoms in total. The Hall–Kier alpha value is -2.27. The summed E-state index contributed by atoms with van der Waals surface area (Å²) in [5, 5.41) is 19.2. The van der Waals surface area contributed by atoms with Crippen LogP contribution in [0.3, 0.4) is 0 Å². The molecule has 0 heterocycles. The fourth-order valence-electron chi connectivity index (χ4n) is 1.85. The molecule has 0 fully saturated rings. The topological polar surface area (TPSA) is 66.8 Å². The average Bonchev–Trinajstić information content (AvgIpc) is 2.45. The molecule has 0 radical (unpaired) electrons. The second kappa shape index (κ2) is 6.45. The van der Waals surface area contributed by atoms with E-state index in [0.717, 1.165) is 16.1 Å². The molecule has 0 spiro atoms. The summed E-state index contributed by atoms with van der Waals surface area (Å²) < 4.78 is 5.88. The van der Waals surface area contributed by atoms with Crippen LogP contribution in [-0.4, -0.2) is 23.1 Å². The third kappa shape index (κ3) is 3.44. The van der Waals surface area contributed by atoms with E-state index >= 15 is 0 Å². The van der Waals surface area contributed by atoms with Gasteiger partial charge in [0.2, 0.25) is 0 Å². The van der Waals surface area contributed by atoms with Crippen molar-refractivity contribution in [1.29, 1.82) is 0 Å². The van der Waals surface area contributed by atoms with Gasteiger partial charge in [-0.25, -0.2) is 0 Å². The van der Waals surface area contributed by atoms with Crippen LogP contribution < -0.4 is 4.74 Å². The van der Waals surface area contributed by atoms with Crippen molar-refractivity contribution in [1.82, 2.24) is 0 Å². The van der Waals surface area contributed by atoms with Gasteiger partial charge in [-0.15, -0.1) is 0 Å². The smallest absolute Gasteiger partial charge is 0.193 e. The highest BCUT2D eigenvalue weighted by Gasteiger charge is 2.16. The van der Waals surface area contributed by atoms with Crippen LogP contribution in [-0.2, 0) is 0 Å². The molecule has 0 aliphatic heterocycles. The van der Waals surface area contributed by atoms with Gasteiger partial charge in [0.1, 0.15) is 22.8 Å². The van der Waals surface area contributed by atoms with E-state index in [2.05, 4.69) is 15.9 Å². The maximum Gasteiger partial charge on any atom is 0.193 e. The first kappa shape index (κ1) is 15.1. The summed E-state index contributed by atoms with van der Waals surface area (Å²) in [5.74, 6) is -0.793. The normalized spacial score (nSPS) is 10.8. The molecule has 0 bridgehead atoms. The molecule has 0 aliphatic rings. The van der Waals surface area contributed by atoms with E-state index in [9.17, 15) is 15.0 Å². The van der Waals surface area contributed by atoms with Crippen LogP contribution in [0, 0.1) is 0 Å². The third-order valence-corrected chi connectivity index (χ3v) is 3.57. The summed E-state index contributed by atoms with van der Waals surface area (Å²) in [6.45, 7) is 0. The van der Waals surface area contributed by atoms with Crippen LogP contribution in [0.2, 0.25) is 0 Å². The summed E-state index contributed by atoms with van der Waals surface area (Å²) >= 11 is 3.39. The Kier molecular flexibility index (Phi) is 4.65. The summed E-state index contributed by atoms with van der Waals surface area (Å²) in [6.07, 6.45) is 2.98. The van der Waals surface area contributed by atoms with Crippen molar-refractivity contribution < 1.29 is 19.7 Å². The highest BCUT2D eigenvalue weighted by Crippen LogP contribution is 2.33. The highest BCUT2D eigenvalue weighted by atomic mass is 79.9. The minimum Gasteiger partial charge on any atom is -0.508 e. The van der Waals surface area contributed by atoms with Gasteiger partial charge in [0.05, 0.1) is 7.11 Å². The number of hydrogen-bond acceptors (Lipinski definition) is 4. The van der Waals surface area contributed by atoms with E-state index in [4.69, 9.17) is 4.74 Å². The SMILES string of the molecule is COc1cc(O)cc(O)c1C(=O)C=Cc1ccccc1Br. The van der Waals surface area contributed by atoms with Crippen molar-refractivity contribution in [3.05, 3.63) is 58.1 Å². The van der Waals surface area contributed by atoms with Crippen LogP contribution in [0.15, 0.2) is 46.9 Å². The molecule has 2 N–H and O–H groups in total. The number of benzene rings is 2. The van der Waals surface area contributed by atoms with E-state index < -0.39 is 5.78 Å². The minimum absolute atomic E-state index is 0.0126. The van der Waals surface area contributed by atoms with E-state index in [1.165, 1.54) is 19.3 Å². The van der Waals surface area contributed by atoms with Gasteiger partial charge in [-0.3, -0.25) is 4.79 Å². The number of rotatable bonds is 4. The van der Waals surface area contributed by atoms with E-state index in [-0.39, 0.29) is 22.8 Å². The van der Waals surface area contributed by atoms with Gasteiger partial charge in [0, 0.05) is 16.6 Å². The van der Waals surface area contributed by atoms with Crippen molar-refractivity contribution >= 4 is 27.8 Å². The zero-order valence-corrected chi connectivity index (χ0v) is 12.8. The Labute approximate surface area is 130 Å². The Morgan fingerprint density at radius 3 is 2.62 bits per heavy atom. The number of halogens is 1. The molecule has 0 amide bonds. The Bertz CT molecular complexity index is 707. The van der Waals surface area contributed by atoms with Gasteiger partial charge in [-0.1, -0.05) is 34.1 Å². The van der Waals surface area contributed by atoms with Crippen LogP contribution in [0.4, 0.5) is 0 Å². The monoisotopic (exact) mass is 348 g/mol. The highest BCUT2D eigenvalue weighted by molar-refractivity contribution is 9.10. The quantitative estimate of drug-likeness (QED) is 0.652. The molecule has 0 unspecified atom stereocenters. The fraction of sp³-hybridized carbons (Fsp3) is 0.0625. The fourth-order valence-corrected chi connectivity index (χ4v) is 2.27. The molecular weight excluding hydrogens is 336 g/mol. The number of hydrogen-bond donors (Lipinski definition) is 2. The molecule has 0 saturated carbocycles. The number of ketones is 1. The number of phenols is 2. The van der Waals surface area contributed by atoms with E-state index in [1.807, 2.05) is 24.3 Å². The number of aromatic hydroxyl groups is 2. The van der Waals surface area contributed by atoms with Gasteiger partial charge in [-0.2, -0.15) is 0 Å². The third-order valence-electron chi connectivity index (χ3n) is 2.85. The van der Waals surface area contributed by atoms with Crippen molar-refractivity contribution in [2.75, 3.05) is 7.11 Å². The predicted octanol–water partition coefficient (Wildman–Crippen LogP) is 3.77. The van der Waals surface area contributed by atoms with Crippen LogP contribution in [0.1, 0.15) is 15.9 Å². The number of allylic oxidation sites excluding steroid dienone is 1.